The number of hydrogen-bond acceptors (Lipinski definition) is 4. The highest BCUT2D eigenvalue weighted by Crippen LogP contribution is 2.25. The van der Waals surface area contributed by atoms with Crippen molar-refractivity contribution in [2.45, 2.75) is 19.3 Å². The first kappa shape index (κ1) is 13.8. The van der Waals surface area contributed by atoms with Crippen LogP contribution in [-0.2, 0) is 9.59 Å². The Labute approximate surface area is 117 Å². The molecule has 0 aliphatic carbocycles. The predicted molar refractivity (Wildman–Crippen MR) is 71.5 cm³/mol. The average Bonchev–Trinajstić information content (AvgIpc) is 2.48. The lowest BCUT2D eigenvalue weighted by Gasteiger charge is -2.31. The van der Waals surface area contributed by atoms with Gasteiger partial charge in [-0.05, 0) is 37.1 Å². The summed E-state index contributed by atoms with van der Waals surface area (Å²) >= 11 is 0. The molecule has 5 heteroatoms. The normalized spacial score (nSPS) is 18.2. The van der Waals surface area contributed by atoms with Gasteiger partial charge in [-0.15, -0.1) is 0 Å². The maximum Gasteiger partial charge on any atom is 0.237 e. The number of nitrogens with zero attached hydrogens (tertiary/aromatic N) is 3. The van der Waals surface area contributed by atoms with Crippen molar-refractivity contribution in [2.75, 3.05) is 11.4 Å². The van der Waals surface area contributed by atoms with Gasteiger partial charge < -0.3 is 4.90 Å². The Bertz CT molecular complexity index is 607. The van der Waals surface area contributed by atoms with Gasteiger partial charge in [-0.25, -0.2) is 0 Å². The van der Waals surface area contributed by atoms with Gasteiger partial charge in [-0.2, -0.15) is 10.5 Å². The fourth-order valence-corrected chi connectivity index (χ4v) is 2.35. The average molecular weight is 267 g/mol. The van der Waals surface area contributed by atoms with Gasteiger partial charge in [0.25, 0.3) is 0 Å². The standard InChI is InChI=1S/C15H13N3O2/c16-8-7-14(19)13-2-1-9-18(15(13)20)12-5-3-11(10-17)4-6-12/h3-6,13H,1-2,7,9H2/t13-/m0/s1. The predicted octanol–water partition coefficient (Wildman–Crippen LogP) is 1.78. The summed E-state index contributed by atoms with van der Waals surface area (Å²) in [5.41, 5.74) is 1.21. The Balaban J connectivity index is 2.20. The second-order valence-corrected chi connectivity index (χ2v) is 4.64. The van der Waals surface area contributed by atoms with E-state index in [2.05, 4.69) is 0 Å². The van der Waals surface area contributed by atoms with E-state index in [1.54, 1.807) is 35.2 Å². The lowest BCUT2D eigenvalue weighted by molar-refractivity contribution is -0.133. The molecule has 20 heavy (non-hydrogen) atoms. The maximum absolute atomic E-state index is 12.3. The molecule has 5 nitrogen and oxygen atoms in total. The fraction of sp³-hybridized carbons (Fsp3) is 0.333. The molecule has 100 valence electrons. The van der Waals surface area contributed by atoms with Crippen molar-refractivity contribution in [3.8, 4) is 12.1 Å². The van der Waals surface area contributed by atoms with Crippen molar-refractivity contribution in [2.24, 2.45) is 5.92 Å². The first-order valence-corrected chi connectivity index (χ1v) is 6.38. The van der Waals surface area contributed by atoms with Gasteiger partial charge in [0.05, 0.1) is 30.0 Å². The highest BCUT2D eigenvalue weighted by molar-refractivity contribution is 6.09. The van der Waals surface area contributed by atoms with Crippen molar-refractivity contribution < 1.29 is 9.59 Å². The van der Waals surface area contributed by atoms with Crippen LogP contribution in [0.2, 0.25) is 0 Å². The van der Waals surface area contributed by atoms with Gasteiger partial charge in [-0.1, -0.05) is 0 Å². The minimum Gasteiger partial charge on any atom is -0.312 e. The molecule has 2 rings (SSSR count). The summed E-state index contributed by atoms with van der Waals surface area (Å²) in [5.74, 6) is -1.27. The molecule has 0 aromatic heterocycles. The largest absolute Gasteiger partial charge is 0.312 e. The molecule has 1 amide bonds. The van der Waals surface area contributed by atoms with Crippen molar-refractivity contribution >= 4 is 17.4 Å². The van der Waals surface area contributed by atoms with Gasteiger partial charge in [0, 0.05) is 12.2 Å². The number of Topliss-reactive ketones (excluding diaryl/α,β-unsaturated/α-hetero) is 1. The molecule has 1 heterocycles. The van der Waals surface area contributed by atoms with Crippen LogP contribution in [0.1, 0.15) is 24.8 Å². The second kappa shape index (κ2) is 5.99. The molecule has 1 aromatic rings. The van der Waals surface area contributed by atoms with Crippen molar-refractivity contribution in [1.29, 1.82) is 10.5 Å². The number of piperidine rings is 1. The summed E-state index contributed by atoms with van der Waals surface area (Å²) in [6, 6.07) is 10.5. The van der Waals surface area contributed by atoms with Crippen LogP contribution >= 0.6 is 0 Å². The van der Waals surface area contributed by atoms with Gasteiger partial charge >= 0.3 is 0 Å². The molecule has 0 N–H and O–H groups in total. The molecule has 1 saturated heterocycles. The number of ketones is 1. The molecule has 1 fully saturated rings. The lowest BCUT2D eigenvalue weighted by atomic mass is 9.91. The van der Waals surface area contributed by atoms with Crippen molar-refractivity contribution in [1.82, 2.24) is 0 Å². The number of amides is 1. The molecule has 1 aliphatic rings. The summed E-state index contributed by atoms with van der Waals surface area (Å²) in [4.78, 5) is 25.7. The van der Waals surface area contributed by atoms with E-state index in [1.807, 2.05) is 6.07 Å². The van der Waals surface area contributed by atoms with Crippen molar-refractivity contribution in [3.05, 3.63) is 29.8 Å². The Hall–Kier alpha value is -2.66. The summed E-state index contributed by atoms with van der Waals surface area (Å²) in [5, 5.41) is 17.3. The third kappa shape index (κ3) is 2.67. The van der Waals surface area contributed by atoms with Crippen LogP contribution < -0.4 is 4.90 Å². The molecule has 1 atom stereocenters. The maximum atomic E-state index is 12.3. The van der Waals surface area contributed by atoms with Crippen LogP contribution in [0, 0.1) is 28.6 Å². The number of carbonyl (C=O) groups is 2. The Morgan fingerprint density at radius 3 is 2.60 bits per heavy atom. The molecule has 0 saturated carbocycles. The van der Waals surface area contributed by atoms with Crippen LogP contribution in [0.3, 0.4) is 0 Å². The molecule has 1 aromatic carbocycles. The minimum atomic E-state index is -0.709. The third-order valence-electron chi connectivity index (χ3n) is 3.39. The van der Waals surface area contributed by atoms with E-state index in [0.717, 1.165) is 6.42 Å². The van der Waals surface area contributed by atoms with Crippen molar-refractivity contribution in [3.63, 3.8) is 0 Å². The number of carbonyl (C=O) groups excluding carboxylic acids is 2. The van der Waals surface area contributed by atoms with E-state index in [0.29, 0.717) is 24.2 Å². The van der Waals surface area contributed by atoms with Crippen LogP contribution in [0.5, 0.6) is 0 Å². The number of anilines is 1. The van der Waals surface area contributed by atoms with Crippen LogP contribution in [0.25, 0.3) is 0 Å². The summed E-state index contributed by atoms with van der Waals surface area (Å²) < 4.78 is 0. The smallest absolute Gasteiger partial charge is 0.237 e. The van der Waals surface area contributed by atoms with Crippen LogP contribution in [0.15, 0.2) is 24.3 Å². The first-order chi connectivity index (χ1) is 9.67. The zero-order valence-electron chi connectivity index (χ0n) is 10.9. The number of hydrogen-bond donors (Lipinski definition) is 0. The highest BCUT2D eigenvalue weighted by Gasteiger charge is 2.34. The Kier molecular flexibility index (Phi) is 4.12. The number of benzene rings is 1. The van der Waals surface area contributed by atoms with Gasteiger partial charge in [0.2, 0.25) is 5.91 Å². The highest BCUT2D eigenvalue weighted by atomic mass is 16.2. The molecule has 0 spiro atoms. The summed E-state index contributed by atoms with van der Waals surface area (Å²) in [6.45, 7) is 0.557. The van der Waals surface area contributed by atoms with E-state index in [-0.39, 0.29) is 18.1 Å². The first-order valence-electron chi connectivity index (χ1n) is 6.38. The summed E-state index contributed by atoms with van der Waals surface area (Å²) in [7, 11) is 0. The molecular formula is C15H13N3O2. The lowest BCUT2D eigenvalue weighted by Crippen LogP contribution is -2.44. The molecular weight excluding hydrogens is 254 g/mol. The zero-order valence-corrected chi connectivity index (χ0v) is 10.9. The van der Waals surface area contributed by atoms with E-state index in [1.165, 1.54) is 0 Å². The zero-order chi connectivity index (χ0) is 14.5. The van der Waals surface area contributed by atoms with Crippen LogP contribution in [-0.4, -0.2) is 18.2 Å². The molecule has 0 unspecified atom stereocenters. The van der Waals surface area contributed by atoms with Gasteiger partial charge in [0.15, 0.2) is 5.78 Å². The Morgan fingerprint density at radius 1 is 1.30 bits per heavy atom. The van der Waals surface area contributed by atoms with Crippen LogP contribution in [0.4, 0.5) is 5.69 Å². The van der Waals surface area contributed by atoms with Gasteiger partial charge in [0.1, 0.15) is 0 Å². The van der Waals surface area contributed by atoms with Gasteiger partial charge in [-0.3, -0.25) is 9.59 Å². The topological polar surface area (TPSA) is 85.0 Å². The molecule has 0 radical (unpaired) electrons. The van der Waals surface area contributed by atoms with E-state index < -0.39 is 5.92 Å². The molecule has 1 aliphatic heterocycles. The third-order valence-corrected chi connectivity index (χ3v) is 3.39. The number of nitriles is 2. The monoisotopic (exact) mass is 267 g/mol. The quantitative estimate of drug-likeness (QED) is 0.781. The van der Waals surface area contributed by atoms with E-state index >= 15 is 0 Å². The number of rotatable bonds is 3. The molecule has 0 bridgehead atoms. The SMILES string of the molecule is N#CCC(=O)[C@@H]1CCCN(c2ccc(C#N)cc2)C1=O. The summed E-state index contributed by atoms with van der Waals surface area (Å²) in [6.07, 6.45) is 1.01. The van der Waals surface area contributed by atoms with E-state index in [9.17, 15) is 9.59 Å². The second-order valence-electron chi connectivity index (χ2n) is 4.64. The van der Waals surface area contributed by atoms with E-state index in [4.69, 9.17) is 10.5 Å². The fourth-order valence-electron chi connectivity index (χ4n) is 2.35. The Morgan fingerprint density at radius 2 is 2.00 bits per heavy atom. The minimum absolute atomic E-state index is 0.225.